The molecule has 0 saturated carbocycles. The highest BCUT2D eigenvalue weighted by Gasteiger charge is 2.08. The zero-order valence-electron chi connectivity index (χ0n) is 10.7. The first-order valence-corrected chi connectivity index (χ1v) is 5.89. The maximum absolute atomic E-state index is 4.72. The van der Waals surface area contributed by atoms with Crippen molar-refractivity contribution in [2.24, 2.45) is 0 Å². The molecule has 0 aliphatic heterocycles. The van der Waals surface area contributed by atoms with Gasteiger partial charge >= 0.3 is 0 Å². The number of aryl methyl sites for hydroxylation is 3. The van der Waals surface area contributed by atoms with E-state index in [-0.39, 0.29) is 0 Å². The molecule has 1 aromatic carbocycles. The molecule has 0 bridgehead atoms. The average Bonchev–Trinajstić information content (AvgIpc) is 2.81. The minimum atomic E-state index is 0.840. The molecule has 0 radical (unpaired) electrons. The van der Waals surface area contributed by atoms with Crippen molar-refractivity contribution in [2.75, 3.05) is 0 Å². The van der Waals surface area contributed by atoms with E-state index in [0.717, 1.165) is 16.9 Å². The van der Waals surface area contributed by atoms with Gasteiger partial charge in [-0.25, -0.2) is 14.6 Å². The smallest absolute Gasteiger partial charge is 0.158 e. The van der Waals surface area contributed by atoms with Crippen LogP contribution in [0.15, 0.2) is 30.9 Å². The lowest BCUT2D eigenvalue weighted by Gasteiger charge is -2.09. The molecule has 0 amide bonds. The largest absolute Gasteiger partial charge is 0.228 e. The highest BCUT2D eigenvalue weighted by Crippen LogP contribution is 2.22. The Kier molecular flexibility index (Phi) is 2.37. The molecule has 4 heteroatoms. The topological polar surface area (TPSA) is 43.6 Å². The number of rotatable bonds is 1. The monoisotopic (exact) mass is 238 g/mol. The van der Waals surface area contributed by atoms with Gasteiger partial charge in [-0.1, -0.05) is 11.6 Å². The van der Waals surface area contributed by atoms with Gasteiger partial charge in [0.2, 0.25) is 0 Å². The Morgan fingerprint density at radius 2 is 1.83 bits per heavy atom. The molecule has 3 rings (SSSR count). The molecule has 90 valence electrons. The second-order valence-electron chi connectivity index (χ2n) is 4.62. The van der Waals surface area contributed by atoms with Gasteiger partial charge in [-0.15, -0.1) is 0 Å². The van der Waals surface area contributed by atoms with Gasteiger partial charge in [0, 0.05) is 5.39 Å². The third kappa shape index (κ3) is 1.66. The molecule has 2 aromatic heterocycles. The Bertz CT molecular complexity index is 714. The molecule has 3 aromatic rings. The normalized spacial score (nSPS) is 11.1. The van der Waals surface area contributed by atoms with E-state index in [9.17, 15) is 0 Å². The lowest BCUT2D eigenvalue weighted by molar-refractivity contribution is 0.842. The molecule has 18 heavy (non-hydrogen) atoms. The van der Waals surface area contributed by atoms with Gasteiger partial charge in [0.25, 0.3) is 0 Å². The molecule has 4 nitrogen and oxygen atoms in total. The van der Waals surface area contributed by atoms with Crippen molar-refractivity contribution in [3.63, 3.8) is 0 Å². The fraction of sp³-hybridized carbons (Fsp3) is 0.214. The predicted octanol–water partition coefficient (Wildman–Crippen LogP) is 2.74. The van der Waals surface area contributed by atoms with Crippen LogP contribution in [0.25, 0.3) is 16.7 Å². The van der Waals surface area contributed by atoms with Crippen LogP contribution in [0.1, 0.15) is 16.7 Å². The van der Waals surface area contributed by atoms with Crippen molar-refractivity contribution in [3.05, 3.63) is 47.5 Å². The molecule has 0 aliphatic carbocycles. The standard InChI is InChI=1S/C14H14N4/c1-9-4-10(2)13-12(5-9)6-11(3)14(17-13)18-8-15-7-16-18/h4-8H,1-3H3. The number of pyridine rings is 1. The van der Waals surface area contributed by atoms with Crippen LogP contribution in [-0.2, 0) is 0 Å². The Morgan fingerprint density at radius 3 is 2.56 bits per heavy atom. The van der Waals surface area contributed by atoms with Gasteiger partial charge in [-0.2, -0.15) is 5.10 Å². The summed E-state index contributed by atoms with van der Waals surface area (Å²) in [6, 6.07) is 6.46. The first kappa shape index (κ1) is 10.9. The lowest BCUT2D eigenvalue weighted by atomic mass is 10.1. The van der Waals surface area contributed by atoms with Crippen molar-refractivity contribution in [3.8, 4) is 5.82 Å². The van der Waals surface area contributed by atoms with E-state index in [2.05, 4.69) is 42.1 Å². The van der Waals surface area contributed by atoms with E-state index in [4.69, 9.17) is 4.98 Å². The summed E-state index contributed by atoms with van der Waals surface area (Å²) in [5.74, 6) is 0.840. The summed E-state index contributed by atoms with van der Waals surface area (Å²) < 4.78 is 1.70. The highest BCUT2D eigenvalue weighted by molar-refractivity contribution is 5.84. The van der Waals surface area contributed by atoms with Gasteiger partial charge in [0.05, 0.1) is 5.52 Å². The summed E-state index contributed by atoms with van der Waals surface area (Å²) in [7, 11) is 0. The summed E-state index contributed by atoms with van der Waals surface area (Å²) in [6.07, 6.45) is 3.19. The fourth-order valence-corrected chi connectivity index (χ4v) is 2.30. The SMILES string of the molecule is Cc1cc(C)c2nc(-n3cncn3)c(C)cc2c1. The van der Waals surface area contributed by atoms with Crippen LogP contribution >= 0.6 is 0 Å². The summed E-state index contributed by atoms with van der Waals surface area (Å²) in [5, 5.41) is 5.32. The van der Waals surface area contributed by atoms with Gasteiger partial charge < -0.3 is 0 Å². The molecule has 0 fully saturated rings. The second kappa shape index (κ2) is 3.91. The molecule has 0 unspecified atom stereocenters. The number of hydrogen-bond acceptors (Lipinski definition) is 3. The number of fused-ring (bicyclic) bond motifs is 1. The Labute approximate surface area is 105 Å². The van der Waals surface area contributed by atoms with E-state index in [1.165, 1.54) is 22.8 Å². The van der Waals surface area contributed by atoms with Crippen LogP contribution < -0.4 is 0 Å². The molecule has 0 atom stereocenters. The third-order valence-electron chi connectivity index (χ3n) is 3.05. The Hall–Kier alpha value is -2.23. The van der Waals surface area contributed by atoms with E-state index in [1.807, 2.05) is 6.92 Å². The average molecular weight is 238 g/mol. The second-order valence-corrected chi connectivity index (χ2v) is 4.62. The number of benzene rings is 1. The fourth-order valence-electron chi connectivity index (χ4n) is 2.30. The van der Waals surface area contributed by atoms with Crippen molar-refractivity contribution < 1.29 is 0 Å². The van der Waals surface area contributed by atoms with E-state index >= 15 is 0 Å². The van der Waals surface area contributed by atoms with E-state index in [1.54, 1.807) is 11.0 Å². The van der Waals surface area contributed by atoms with E-state index in [0.29, 0.717) is 0 Å². The van der Waals surface area contributed by atoms with Gasteiger partial charge in [0.1, 0.15) is 12.7 Å². The molecule has 0 spiro atoms. The van der Waals surface area contributed by atoms with Crippen molar-refractivity contribution in [1.82, 2.24) is 19.7 Å². The van der Waals surface area contributed by atoms with Crippen molar-refractivity contribution in [1.29, 1.82) is 0 Å². The summed E-state index contributed by atoms with van der Waals surface area (Å²) in [4.78, 5) is 8.69. The molecule has 0 saturated heterocycles. The van der Waals surface area contributed by atoms with E-state index < -0.39 is 0 Å². The molecule has 0 aliphatic rings. The quantitative estimate of drug-likeness (QED) is 0.654. The number of hydrogen-bond donors (Lipinski definition) is 0. The maximum atomic E-state index is 4.72. The highest BCUT2D eigenvalue weighted by atomic mass is 15.3. The minimum Gasteiger partial charge on any atom is -0.228 e. The first-order chi connectivity index (χ1) is 8.65. The molecular weight excluding hydrogens is 224 g/mol. The first-order valence-electron chi connectivity index (χ1n) is 5.89. The van der Waals surface area contributed by atoms with Gasteiger partial charge in [-0.3, -0.25) is 0 Å². The Morgan fingerprint density at radius 1 is 1.00 bits per heavy atom. The summed E-state index contributed by atoms with van der Waals surface area (Å²) >= 11 is 0. The van der Waals surface area contributed by atoms with Gasteiger partial charge in [0.15, 0.2) is 5.82 Å². The van der Waals surface area contributed by atoms with Gasteiger partial charge in [-0.05, 0) is 44.0 Å². The third-order valence-corrected chi connectivity index (χ3v) is 3.05. The Balaban J connectivity index is 2.33. The molecule has 2 heterocycles. The van der Waals surface area contributed by atoms with Crippen LogP contribution in [0, 0.1) is 20.8 Å². The maximum Gasteiger partial charge on any atom is 0.158 e. The number of aromatic nitrogens is 4. The predicted molar refractivity (Wildman–Crippen MR) is 70.9 cm³/mol. The summed E-state index contributed by atoms with van der Waals surface area (Å²) in [5.41, 5.74) is 4.57. The van der Waals surface area contributed by atoms with Crippen LogP contribution in [0.5, 0.6) is 0 Å². The lowest BCUT2D eigenvalue weighted by Crippen LogP contribution is -2.02. The molecule has 0 N–H and O–H groups in total. The van der Waals surface area contributed by atoms with Crippen LogP contribution in [-0.4, -0.2) is 19.7 Å². The number of nitrogens with zero attached hydrogens (tertiary/aromatic N) is 4. The zero-order valence-corrected chi connectivity index (χ0v) is 10.7. The summed E-state index contributed by atoms with van der Waals surface area (Å²) in [6.45, 7) is 6.23. The van der Waals surface area contributed by atoms with Crippen LogP contribution in [0.4, 0.5) is 0 Å². The van der Waals surface area contributed by atoms with Crippen LogP contribution in [0.3, 0.4) is 0 Å². The van der Waals surface area contributed by atoms with Crippen molar-refractivity contribution in [2.45, 2.75) is 20.8 Å². The van der Waals surface area contributed by atoms with Crippen molar-refractivity contribution >= 4 is 10.9 Å². The zero-order chi connectivity index (χ0) is 12.7. The minimum absolute atomic E-state index is 0.840. The van der Waals surface area contributed by atoms with Crippen LogP contribution in [0.2, 0.25) is 0 Å². The molecular formula is C14H14N4.